The van der Waals surface area contributed by atoms with E-state index < -0.39 is 11.7 Å². The standard InChI is InChI=1S/C15H23FN2O2/c1-10-5-6-11(8-13(10)16)7-12(9-17)18-14(19)20-15(2,3)4/h5-6,8,12H,7,9,17H2,1-4H3,(H,18,19). The summed E-state index contributed by atoms with van der Waals surface area (Å²) in [6.07, 6.45) is -0.0482. The number of benzene rings is 1. The van der Waals surface area contributed by atoms with E-state index in [9.17, 15) is 9.18 Å². The third-order valence-corrected chi connectivity index (χ3v) is 2.72. The highest BCUT2D eigenvalue weighted by Crippen LogP contribution is 2.12. The number of aryl methyl sites for hydroxylation is 1. The van der Waals surface area contributed by atoms with Crippen molar-refractivity contribution in [2.24, 2.45) is 5.73 Å². The van der Waals surface area contributed by atoms with E-state index in [-0.39, 0.29) is 18.4 Å². The van der Waals surface area contributed by atoms with Gasteiger partial charge in [0, 0.05) is 12.6 Å². The Morgan fingerprint density at radius 2 is 2.10 bits per heavy atom. The van der Waals surface area contributed by atoms with E-state index in [0.29, 0.717) is 12.0 Å². The molecule has 5 heteroatoms. The van der Waals surface area contributed by atoms with Crippen molar-refractivity contribution in [1.29, 1.82) is 0 Å². The van der Waals surface area contributed by atoms with Crippen LogP contribution >= 0.6 is 0 Å². The molecule has 0 bridgehead atoms. The number of amides is 1. The molecule has 1 atom stereocenters. The number of ether oxygens (including phenoxy) is 1. The maximum Gasteiger partial charge on any atom is 0.407 e. The van der Waals surface area contributed by atoms with Gasteiger partial charge in [0.25, 0.3) is 0 Å². The molecule has 1 aromatic carbocycles. The third kappa shape index (κ3) is 5.57. The van der Waals surface area contributed by atoms with Crippen LogP contribution in [0.25, 0.3) is 0 Å². The van der Waals surface area contributed by atoms with Gasteiger partial charge in [0.05, 0.1) is 0 Å². The Bertz CT molecular complexity index is 469. The van der Waals surface area contributed by atoms with E-state index in [0.717, 1.165) is 5.56 Å². The van der Waals surface area contributed by atoms with Gasteiger partial charge in [0.2, 0.25) is 0 Å². The molecule has 3 N–H and O–H groups in total. The minimum absolute atomic E-state index is 0.254. The first kappa shape index (κ1) is 16.4. The van der Waals surface area contributed by atoms with Gasteiger partial charge in [-0.1, -0.05) is 12.1 Å². The van der Waals surface area contributed by atoms with Crippen LogP contribution < -0.4 is 11.1 Å². The summed E-state index contributed by atoms with van der Waals surface area (Å²) in [6, 6.07) is 4.73. The Hall–Kier alpha value is -1.62. The van der Waals surface area contributed by atoms with E-state index in [1.807, 2.05) is 6.07 Å². The van der Waals surface area contributed by atoms with Crippen LogP contribution in [0.15, 0.2) is 18.2 Å². The molecule has 4 nitrogen and oxygen atoms in total. The molecule has 1 amide bonds. The molecule has 1 aromatic rings. The highest BCUT2D eigenvalue weighted by atomic mass is 19.1. The summed E-state index contributed by atoms with van der Waals surface area (Å²) >= 11 is 0. The minimum Gasteiger partial charge on any atom is -0.444 e. The number of nitrogens with one attached hydrogen (secondary N) is 1. The molecular formula is C15H23FN2O2. The molecule has 1 rings (SSSR count). The second-order valence-corrected chi connectivity index (χ2v) is 5.87. The summed E-state index contributed by atoms with van der Waals surface area (Å²) in [5.41, 5.74) is 6.47. The van der Waals surface area contributed by atoms with Crippen molar-refractivity contribution >= 4 is 6.09 Å². The molecule has 0 aliphatic carbocycles. The Labute approximate surface area is 119 Å². The normalized spacial score (nSPS) is 12.9. The van der Waals surface area contributed by atoms with E-state index in [4.69, 9.17) is 10.5 Å². The molecule has 0 saturated carbocycles. The second kappa shape index (κ2) is 6.70. The van der Waals surface area contributed by atoms with Crippen molar-refractivity contribution in [2.45, 2.75) is 45.8 Å². The molecule has 0 heterocycles. The Kier molecular flexibility index (Phi) is 5.51. The molecule has 0 aliphatic heterocycles. The molecule has 0 radical (unpaired) electrons. The lowest BCUT2D eigenvalue weighted by atomic mass is 10.0. The van der Waals surface area contributed by atoms with Crippen LogP contribution in [0.2, 0.25) is 0 Å². The van der Waals surface area contributed by atoms with Crippen molar-refractivity contribution in [2.75, 3.05) is 6.54 Å². The topological polar surface area (TPSA) is 64.3 Å². The number of alkyl carbamates (subject to hydrolysis) is 1. The molecule has 0 saturated heterocycles. The van der Waals surface area contributed by atoms with Gasteiger partial charge < -0.3 is 15.8 Å². The Morgan fingerprint density at radius 1 is 1.45 bits per heavy atom. The molecule has 0 fully saturated rings. The smallest absolute Gasteiger partial charge is 0.407 e. The summed E-state index contributed by atoms with van der Waals surface area (Å²) in [7, 11) is 0. The van der Waals surface area contributed by atoms with Gasteiger partial charge in [-0.2, -0.15) is 0 Å². The van der Waals surface area contributed by atoms with Crippen molar-refractivity contribution in [3.05, 3.63) is 35.1 Å². The van der Waals surface area contributed by atoms with Crippen LogP contribution in [0, 0.1) is 12.7 Å². The van der Waals surface area contributed by atoms with Gasteiger partial charge >= 0.3 is 6.09 Å². The van der Waals surface area contributed by atoms with Crippen molar-refractivity contribution in [3.8, 4) is 0 Å². The number of hydrogen-bond acceptors (Lipinski definition) is 3. The zero-order valence-electron chi connectivity index (χ0n) is 12.5. The van der Waals surface area contributed by atoms with Crippen molar-refractivity contribution < 1.29 is 13.9 Å². The largest absolute Gasteiger partial charge is 0.444 e. The average molecular weight is 282 g/mol. The number of carbonyl (C=O) groups is 1. The molecule has 0 spiro atoms. The maximum atomic E-state index is 13.5. The monoisotopic (exact) mass is 282 g/mol. The van der Waals surface area contributed by atoms with E-state index in [1.165, 1.54) is 6.07 Å². The number of hydrogen-bond donors (Lipinski definition) is 2. The predicted molar refractivity (Wildman–Crippen MR) is 77.1 cm³/mol. The average Bonchev–Trinajstić information content (AvgIpc) is 2.30. The van der Waals surface area contributed by atoms with Crippen LogP contribution in [0.3, 0.4) is 0 Å². The summed E-state index contributed by atoms with van der Waals surface area (Å²) in [4.78, 5) is 11.7. The second-order valence-electron chi connectivity index (χ2n) is 5.87. The van der Waals surface area contributed by atoms with Gasteiger partial charge in [-0.25, -0.2) is 9.18 Å². The number of nitrogens with two attached hydrogens (primary N) is 1. The molecule has 0 aliphatic rings. The predicted octanol–water partition coefficient (Wildman–Crippen LogP) is 2.53. The first-order valence-electron chi connectivity index (χ1n) is 6.66. The fraction of sp³-hybridized carbons (Fsp3) is 0.533. The van der Waals surface area contributed by atoms with Crippen LogP contribution in [-0.2, 0) is 11.2 Å². The zero-order chi connectivity index (χ0) is 15.3. The lowest BCUT2D eigenvalue weighted by Gasteiger charge is -2.23. The fourth-order valence-electron chi connectivity index (χ4n) is 1.72. The maximum absolute atomic E-state index is 13.5. The number of rotatable bonds is 4. The lowest BCUT2D eigenvalue weighted by Crippen LogP contribution is -2.44. The first-order valence-corrected chi connectivity index (χ1v) is 6.66. The molecular weight excluding hydrogens is 259 g/mol. The number of carbonyl (C=O) groups excluding carboxylic acids is 1. The Balaban J connectivity index is 2.63. The fourth-order valence-corrected chi connectivity index (χ4v) is 1.72. The van der Waals surface area contributed by atoms with Crippen LogP contribution in [0.4, 0.5) is 9.18 Å². The van der Waals surface area contributed by atoms with Gasteiger partial charge in [-0.15, -0.1) is 0 Å². The van der Waals surface area contributed by atoms with Crippen LogP contribution in [-0.4, -0.2) is 24.3 Å². The SMILES string of the molecule is Cc1ccc(CC(CN)NC(=O)OC(C)(C)C)cc1F. The van der Waals surface area contributed by atoms with E-state index >= 15 is 0 Å². The van der Waals surface area contributed by atoms with Crippen LogP contribution in [0.1, 0.15) is 31.9 Å². The highest BCUT2D eigenvalue weighted by molar-refractivity contribution is 5.68. The third-order valence-electron chi connectivity index (χ3n) is 2.72. The molecule has 1 unspecified atom stereocenters. The summed E-state index contributed by atoms with van der Waals surface area (Å²) < 4.78 is 18.6. The first-order chi connectivity index (χ1) is 9.21. The zero-order valence-corrected chi connectivity index (χ0v) is 12.5. The van der Waals surface area contributed by atoms with Crippen molar-refractivity contribution in [1.82, 2.24) is 5.32 Å². The van der Waals surface area contributed by atoms with Crippen LogP contribution in [0.5, 0.6) is 0 Å². The van der Waals surface area contributed by atoms with Gasteiger partial charge in [-0.3, -0.25) is 0 Å². The quantitative estimate of drug-likeness (QED) is 0.892. The molecule has 20 heavy (non-hydrogen) atoms. The summed E-state index contributed by atoms with van der Waals surface area (Å²) in [6.45, 7) is 7.34. The Morgan fingerprint density at radius 3 is 2.60 bits per heavy atom. The summed E-state index contributed by atoms with van der Waals surface area (Å²) in [5.74, 6) is -0.254. The van der Waals surface area contributed by atoms with Gasteiger partial charge in [0.1, 0.15) is 11.4 Å². The lowest BCUT2D eigenvalue weighted by molar-refractivity contribution is 0.0506. The minimum atomic E-state index is -0.556. The number of halogens is 1. The van der Waals surface area contributed by atoms with Gasteiger partial charge in [0.15, 0.2) is 0 Å². The van der Waals surface area contributed by atoms with E-state index in [2.05, 4.69) is 5.32 Å². The van der Waals surface area contributed by atoms with Crippen molar-refractivity contribution in [3.63, 3.8) is 0 Å². The van der Waals surface area contributed by atoms with Gasteiger partial charge in [-0.05, 0) is 51.3 Å². The summed E-state index contributed by atoms with van der Waals surface area (Å²) in [5, 5.41) is 2.70. The highest BCUT2D eigenvalue weighted by Gasteiger charge is 2.19. The van der Waals surface area contributed by atoms with E-state index in [1.54, 1.807) is 33.8 Å². The molecule has 112 valence electrons. The molecule has 0 aromatic heterocycles.